The largest absolute Gasteiger partial charge is 0.481 e. The van der Waals surface area contributed by atoms with Crippen molar-refractivity contribution in [3.8, 4) is 6.07 Å². The molecule has 1 aromatic heterocycles. The number of hydrogen-bond acceptors (Lipinski definition) is 4. The number of nitriles is 1. The Morgan fingerprint density at radius 1 is 1.60 bits per heavy atom. The lowest BCUT2D eigenvalue weighted by atomic mass is 10.3. The zero-order valence-electron chi connectivity index (χ0n) is 8.24. The van der Waals surface area contributed by atoms with Crippen LogP contribution in [0.2, 0.25) is 0 Å². The van der Waals surface area contributed by atoms with Gasteiger partial charge in [-0.1, -0.05) is 0 Å². The van der Waals surface area contributed by atoms with Gasteiger partial charge in [0.2, 0.25) is 5.91 Å². The Labute approximate surface area is 85.7 Å². The third-order valence-electron chi connectivity index (χ3n) is 1.06. The van der Waals surface area contributed by atoms with Gasteiger partial charge in [0.15, 0.2) is 0 Å². The van der Waals surface area contributed by atoms with Crippen LogP contribution in [0.4, 0.5) is 5.82 Å². The van der Waals surface area contributed by atoms with Gasteiger partial charge >= 0.3 is 0 Å². The van der Waals surface area contributed by atoms with Crippen LogP contribution in [-0.2, 0) is 9.59 Å². The Kier molecular flexibility index (Phi) is 5.18. The normalized spacial score (nSPS) is 8.07. The van der Waals surface area contributed by atoms with Crippen LogP contribution < -0.4 is 5.32 Å². The Balaban J connectivity index is 0.000000423. The lowest BCUT2D eigenvalue weighted by molar-refractivity contribution is -0.134. The lowest BCUT2D eigenvalue weighted by Gasteiger charge is -1.95. The standard InChI is InChI=1S/C6H6N4O.C2H4O2/c1-4(11)9-6-5(2-7)3-8-10-6;1-2(3)4/h3H,1H3,(H2,8,9,10,11);1H3,(H,3,4). The van der Waals surface area contributed by atoms with Crippen LogP contribution in [0.15, 0.2) is 6.20 Å². The van der Waals surface area contributed by atoms with E-state index in [-0.39, 0.29) is 5.91 Å². The molecule has 0 radical (unpaired) electrons. The summed E-state index contributed by atoms with van der Waals surface area (Å²) >= 11 is 0. The van der Waals surface area contributed by atoms with Crippen LogP contribution in [-0.4, -0.2) is 27.2 Å². The number of H-pyrrole nitrogens is 1. The number of nitrogens with one attached hydrogen (secondary N) is 2. The lowest BCUT2D eigenvalue weighted by Crippen LogP contribution is -2.07. The fraction of sp³-hybridized carbons (Fsp3) is 0.250. The van der Waals surface area contributed by atoms with Crippen LogP contribution in [0.5, 0.6) is 0 Å². The van der Waals surface area contributed by atoms with E-state index in [0.29, 0.717) is 11.4 Å². The summed E-state index contributed by atoms with van der Waals surface area (Å²) in [5, 5.41) is 24.4. The van der Waals surface area contributed by atoms with Crippen LogP contribution in [0, 0.1) is 11.3 Å². The topological polar surface area (TPSA) is 119 Å². The molecule has 0 saturated carbocycles. The van der Waals surface area contributed by atoms with Gasteiger partial charge in [-0.25, -0.2) is 0 Å². The van der Waals surface area contributed by atoms with Gasteiger partial charge < -0.3 is 10.4 Å². The number of carbonyl (C=O) groups excluding carboxylic acids is 1. The first-order chi connectivity index (χ1) is 6.97. The molecule has 0 spiro atoms. The molecule has 15 heavy (non-hydrogen) atoms. The summed E-state index contributed by atoms with van der Waals surface area (Å²) in [6, 6.07) is 1.87. The van der Waals surface area contributed by atoms with Crippen molar-refractivity contribution in [1.82, 2.24) is 10.2 Å². The fourth-order valence-electron chi connectivity index (χ4n) is 0.642. The monoisotopic (exact) mass is 210 g/mol. The van der Waals surface area contributed by atoms with Gasteiger partial charge in [-0.3, -0.25) is 14.7 Å². The summed E-state index contributed by atoms with van der Waals surface area (Å²) in [4.78, 5) is 19.5. The van der Waals surface area contributed by atoms with Crippen molar-refractivity contribution in [2.45, 2.75) is 13.8 Å². The van der Waals surface area contributed by atoms with Crippen LogP contribution in [0.25, 0.3) is 0 Å². The van der Waals surface area contributed by atoms with E-state index >= 15 is 0 Å². The maximum Gasteiger partial charge on any atom is 0.300 e. The zero-order valence-corrected chi connectivity index (χ0v) is 8.24. The minimum atomic E-state index is -0.833. The number of anilines is 1. The number of aliphatic carboxylic acids is 1. The molecule has 1 aromatic rings. The molecule has 3 N–H and O–H groups in total. The molecule has 0 aromatic carbocycles. The van der Waals surface area contributed by atoms with E-state index in [4.69, 9.17) is 15.2 Å². The molecule has 7 heteroatoms. The third kappa shape index (κ3) is 5.81. The van der Waals surface area contributed by atoms with Gasteiger partial charge in [-0.05, 0) is 0 Å². The molecule has 80 valence electrons. The molecule has 0 bridgehead atoms. The van der Waals surface area contributed by atoms with Crippen molar-refractivity contribution in [3.63, 3.8) is 0 Å². The number of amides is 1. The summed E-state index contributed by atoms with van der Waals surface area (Å²) < 4.78 is 0. The number of aromatic amines is 1. The predicted octanol–water partition coefficient (Wildman–Crippen LogP) is 0.331. The maximum absolute atomic E-state index is 10.5. The van der Waals surface area contributed by atoms with Crippen LogP contribution in [0.3, 0.4) is 0 Å². The van der Waals surface area contributed by atoms with Crippen molar-refractivity contribution in [2.24, 2.45) is 0 Å². The first kappa shape index (κ1) is 12.6. The van der Waals surface area contributed by atoms with E-state index in [2.05, 4.69) is 15.5 Å². The summed E-state index contributed by atoms with van der Waals surface area (Å²) in [5.74, 6) is -0.717. The second kappa shape index (κ2) is 6.15. The summed E-state index contributed by atoms with van der Waals surface area (Å²) in [7, 11) is 0. The van der Waals surface area contributed by atoms with Crippen molar-refractivity contribution < 1.29 is 14.7 Å². The molecule has 1 heterocycles. The average Bonchev–Trinajstić information content (AvgIpc) is 2.49. The number of rotatable bonds is 1. The average molecular weight is 210 g/mol. The highest BCUT2D eigenvalue weighted by Gasteiger charge is 2.03. The Hall–Kier alpha value is -2.36. The van der Waals surface area contributed by atoms with Gasteiger partial charge in [0, 0.05) is 13.8 Å². The molecule has 0 unspecified atom stereocenters. The van der Waals surface area contributed by atoms with Gasteiger partial charge in [0.25, 0.3) is 5.97 Å². The van der Waals surface area contributed by atoms with Crippen LogP contribution in [0.1, 0.15) is 19.4 Å². The first-order valence-corrected chi connectivity index (χ1v) is 3.88. The number of nitrogens with zero attached hydrogens (tertiary/aromatic N) is 2. The SMILES string of the molecule is CC(=O)Nc1[nH]ncc1C#N.CC(=O)O. The molecule has 0 aliphatic rings. The van der Waals surface area contributed by atoms with E-state index < -0.39 is 5.97 Å². The highest BCUT2D eigenvalue weighted by atomic mass is 16.4. The first-order valence-electron chi connectivity index (χ1n) is 3.88. The number of hydrogen-bond donors (Lipinski definition) is 3. The molecule has 0 atom stereocenters. The summed E-state index contributed by atoms with van der Waals surface area (Å²) in [6.45, 7) is 2.45. The highest BCUT2D eigenvalue weighted by Crippen LogP contribution is 2.07. The van der Waals surface area contributed by atoms with E-state index in [0.717, 1.165) is 6.92 Å². The molecular weight excluding hydrogens is 200 g/mol. The molecule has 1 rings (SSSR count). The smallest absolute Gasteiger partial charge is 0.300 e. The minimum absolute atomic E-state index is 0.231. The van der Waals surface area contributed by atoms with Crippen LogP contribution >= 0.6 is 0 Å². The Bertz CT molecular complexity index is 387. The molecule has 1 amide bonds. The molecule has 7 nitrogen and oxygen atoms in total. The molecule has 0 aliphatic carbocycles. The van der Waals surface area contributed by atoms with Crippen molar-refractivity contribution in [1.29, 1.82) is 5.26 Å². The van der Waals surface area contributed by atoms with Crippen molar-refractivity contribution in [3.05, 3.63) is 11.8 Å². The summed E-state index contributed by atoms with van der Waals surface area (Å²) in [5.41, 5.74) is 0.334. The van der Waals surface area contributed by atoms with Gasteiger partial charge in [0.05, 0.1) is 6.20 Å². The molecule has 0 aliphatic heterocycles. The third-order valence-corrected chi connectivity index (χ3v) is 1.06. The zero-order chi connectivity index (χ0) is 11.8. The number of carboxylic acids is 1. The van der Waals surface area contributed by atoms with E-state index in [1.165, 1.54) is 13.1 Å². The molecular formula is C8H10N4O3. The Morgan fingerprint density at radius 2 is 2.13 bits per heavy atom. The fourth-order valence-corrected chi connectivity index (χ4v) is 0.642. The van der Waals surface area contributed by atoms with Gasteiger partial charge in [-0.2, -0.15) is 10.4 Å². The molecule has 0 saturated heterocycles. The van der Waals surface area contributed by atoms with Gasteiger partial charge in [0.1, 0.15) is 17.5 Å². The van der Waals surface area contributed by atoms with E-state index in [1.807, 2.05) is 6.07 Å². The number of carbonyl (C=O) groups is 2. The number of aromatic nitrogens is 2. The van der Waals surface area contributed by atoms with Gasteiger partial charge in [-0.15, -0.1) is 0 Å². The second-order valence-electron chi connectivity index (χ2n) is 2.47. The summed E-state index contributed by atoms with van der Waals surface area (Å²) in [6.07, 6.45) is 1.35. The highest BCUT2D eigenvalue weighted by molar-refractivity contribution is 5.88. The quantitative estimate of drug-likeness (QED) is 0.617. The second-order valence-corrected chi connectivity index (χ2v) is 2.47. The predicted molar refractivity (Wildman–Crippen MR) is 50.9 cm³/mol. The van der Waals surface area contributed by atoms with Crippen molar-refractivity contribution >= 4 is 17.7 Å². The minimum Gasteiger partial charge on any atom is -0.481 e. The van der Waals surface area contributed by atoms with E-state index in [1.54, 1.807) is 0 Å². The van der Waals surface area contributed by atoms with Crippen molar-refractivity contribution in [2.75, 3.05) is 5.32 Å². The number of carboxylic acid groups (broad SMARTS) is 1. The van der Waals surface area contributed by atoms with E-state index in [9.17, 15) is 4.79 Å². The molecule has 0 fully saturated rings. The maximum atomic E-state index is 10.5. The Morgan fingerprint density at radius 3 is 2.53 bits per heavy atom.